The van der Waals surface area contributed by atoms with Crippen LogP contribution >= 0.6 is 0 Å². The minimum Gasteiger partial charge on any atom is -0.493 e. The number of carbonyl (C=O) groups excluding carboxylic acids is 1. The quantitative estimate of drug-likeness (QED) is 0.226. The Bertz CT molecular complexity index is 1000. The predicted octanol–water partition coefficient (Wildman–Crippen LogP) is 6.84. The number of esters is 1. The molecule has 0 heterocycles. The standard InChI is InChI=1S/C31H38O4/c1-3-5-16-28(31(32)33-4-2)23-27-17-18-29(34-21-19-25-12-8-6-9-13-25)24-30(27)35-22-20-26-14-10-7-11-15-26/h6-15,17-18,24,28H,3-5,16,19-23H2,1-2H3. The van der Waals surface area contributed by atoms with E-state index in [0.29, 0.717) is 26.2 Å². The predicted molar refractivity (Wildman–Crippen MR) is 141 cm³/mol. The second kappa shape index (κ2) is 14.9. The molecule has 186 valence electrons. The van der Waals surface area contributed by atoms with Crippen molar-refractivity contribution in [1.82, 2.24) is 0 Å². The van der Waals surface area contributed by atoms with Crippen LogP contribution in [0.25, 0.3) is 0 Å². The van der Waals surface area contributed by atoms with Gasteiger partial charge >= 0.3 is 5.97 Å². The summed E-state index contributed by atoms with van der Waals surface area (Å²) in [6.07, 6.45) is 5.11. The summed E-state index contributed by atoms with van der Waals surface area (Å²) in [4.78, 5) is 12.6. The third-order valence-electron chi connectivity index (χ3n) is 6.02. The van der Waals surface area contributed by atoms with E-state index in [1.807, 2.05) is 61.5 Å². The van der Waals surface area contributed by atoms with Gasteiger partial charge in [-0.2, -0.15) is 0 Å². The third-order valence-corrected chi connectivity index (χ3v) is 6.02. The SMILES string of the molecule is CCCCC(Cc1ccc(OCCc2ccccc2)cc1OCCc1ccccc1)C(=O)OCC. The van der Waals surface area contributed by atoms with Crippen LogP contribution in [0.5, 0.6) is 11.5 Å². The molecule has 4 heteroatoms. The molecule has 3 rings (SSSR count). The van der Waals surface area contributed by atoms with E-state index < -0.39 is 0 Å². The van der Waals surface area contributed by atoms with Crippen LogP contribution in [-0.2, 0) is 28.8 Å². The van der Waals surface area contributed by atoms with Gasteiger partial charge in [0.05, 0.1) is 25.7 Å². The number of benzene rings is 3. The molecule has 0 radical (unpaired) electrons. The van der Waals surface area contributed by atoms with Gasteiger partial charge in [0.15, 0.2) is 0 Å². The molecule has 0 bridgehead atoms. The first kappa shape index (κ1) is 26.3. The topological polar surface area (TPSA) is 44.8 Å². The lowest BCUT2D eigenvalue weighted by Gasteiger charge is -2.19. The summed E-state index contributed by atoms with van der Waals surface area (Å²) in [5.74, 6) is 1.26. The third kappa shape index (κ3) is 9.12. The Kier molecular flexibility index (Phi) is 11.2. The highest BCUT2D eigenvalue weighted by atomic mass is 16.5. The summed E-state index contributed by atoms with van der Waals surface area (Å²) in [5, 5.41) is 0. The van der Waals surface area contributed by atoms with Crippen molar-refractivity contribution in [1.29, 1.82) is 0 Å². The van der Waals surface area contributed by atoms with Gasteiger partial charge in [-0.1, -0.05) is 86.5 Å². The highest BCUT2D eigenvalue weighted by molar-refractivity contribution is 5.73. The molecule has 0 saturated carbocycles. The molecule has 0 aromatic heterocycles. The Labute approximate surface area is 210 Å². The van der Waals surface area contributed by atoms with Gasteiger partial charge in [0.1, 0.15) is 11.5 Å². The van der Waals surface area contributed by atoms with Crippen molar-refractivity contribution >= 4 is 5.97 Å². The van der Waals surface area contributed by atoms with E-state index in [9.17, 15) is 4.79 Å². The summed E-state index contributed by atoms with van der Waals surface area (Å²) >= 11 is 0. The number of ether oxygens (including phenoxy) is 3. The zero-order valence-electron chi connectivity index (χ0n) is 21.1. The molecule has 0 aliphatic rings. The smallest absolute Gasteiger partial charge is 0.309 e. The molecule has 0 saturated heterocycles. The van der Waals surface area contributed by atoms with E-state index in [-0.39, 0.29) is 11.9 Å². The van der Waals surface area contributed by atoms with Gasteiger partial charge in [-0.15, -0.1) is 0 Å². The Hall–Kier alpha value is -3.27. The maximum atomic E-state index is 12.6. The van der Waals surface area contributed by atoms with Gasteiger partial charge < -0.3 is 14.2 Å². The molecule has 1 unspecified atom stereocenters. The number of rotatable bonds is 15. The minimum atomic E-state index is -0.170. The molecular formula is C31H38O4. The van der Waals surface area contributed by atoms with Crippen molar-refractivity contribution in [2.75, 3.05) is 19.8 Å². The first-order valence-electron chi connectivity index (χ1n) is 12.8. The number of hydrogen-bond acceptors (Lipinski definition) is 4. The van der Waals surface area contributed by atoms with Crippen molar-refractivity contribution < 1.29 is 19.0 Å². The minimum absolute atomic E-state index is 0.126. The Balaban J connectivity index is 1.71. The van der Waals surface area contributed by atoms with E-state index in [2.05, 4.69) is 31.2 Å². The van der Waals surface area contributed by atoms with Crippen LogP contribution in [0.1, 0.15) is 49.8 Å². The molecule has 0 aliphatic carbocycles. The fraction of sp³-hybridized carbons (Fsp3) is 0.387. The van der Waals surface area contributed by atoms with Crippen LogP contribution in [0.3, 0.4) is 0 Å². The van der Waals surface area contributed by atoms with Crippen molar-refractivity contribution in [3.63, 3.8) is 0 Å². The van der Waals surface area contributed by atoms with Crippen molar-refractivity contribution in [2.45, 2.75) is 52.4 Å². The molecule has 3 aromatic rings. The van der Waals surface area contributed by atoms with E-state index >= 15 is 0 Å². The molecule has 0 fully saturated rings. The fourth-order valence-corrected chi connectivity index (χ4v) is 4.06. The molecular weight excluding hydrogens is 436 g/mol. The van der Waals surface area contributed by atoms with E-state index in [0.717, 1.165) is 49.2 Å². The average Bonchev–Trinajstić information content (AvgIpc) is 2.89. The Morgan fingerprint density at radius 3 is 2.03 bits per heavy atom. The van der Waals surface area contributed by atoms with Crippen LogP contribution in [0.4, 0.5) is 0 Å². The second-order valence-electron chi connectivity index (χ2n) is 8.73. The van der Waals surface area contributed by atoms with Crippen LogP contribution < -0.4 is 9.47 Å². The first-order chi connectivity index (χ1) is 17.2. The lowest BCUT2D eigenvalue weighted by Crippen LogP contribution is -2.20. The zero-order valence-corrected chi connectivity index (χ0v) is 21.1. The summed E-state index contributed by atoms with van der Waals surface area (Å²) in [5.41, 5.74) is 3.50. The molecule has 0 N–H and O–H groups in total. The van der Waals surface area contributed by atoms with E-state index in [4.69, 9.17) is 14.2 Å². The Morgan fingerprint density at radius 1 is 0.800 bits per heavy atom. The normalized spacial score (nSPS) is 11.6. The molecule has 0 spiro atoms. The van der Waals surface area contributed by atoms with E-state index in [1.165, 1.54) is 11.1 Å². The van der Waals surface area contributed by atoms with Crippen molar-refractivity contribution in [2.24, 2.45) is 5.92 Å². The molecule has 0 aliphatic heterocycles. The molecule has 0 amide bonds. The van der Waals surface area contributed by atoms with Crippen molar-refractivity contribution in [3.8, 4) is 11.5 Å². The molecule has 4 nitrogen and oxygen atoms in total. The van der Waals surface area contributed by atoms with Gasteiger partial charge in [-0.25, -0.2) is 0 Å². The average molecular weight is 475 g/mol. The highest BCUT2D eigenvalue weighted by Crippen LogP contribution is 2.29. The summed E-state index contributed by atoms with van der Waals surface area (Å²) in [6.45, 7) is 5.55. The summed E-state index contributed by atoms with van der Waals surface area (Å²) in [7, 11) is 0. The Morgan fingerprint density at radius 2 is 1.43 bits per heavy atom. The zero-order chi connectivity index (χ0) is 24.7. The van der Waals surface area contributed by atoms with E-state index in [1.54, 1.807) is 0 Å². The molecule has 35 heavy (non-hydrogen) atoms. The van der Waals surface area contributed by atoms with Gasteiger partial charge in [-0.05, 0) is 42.5 Å². The van der Waals surface area contributed by atoms with Crippen LogP contribution in [0.15, 0.2) is 78.9 Å². The van der Waals surface area contributed by atoms with Gasteiger partial charge in [0, 0.05) is 18.9 Å². The summed E-state index contributed by atoms with van der Waals surface area (Å²) in [6, 6.07) is 26.6. The highest BCUT2D eigenvalue weighted by Gasteiger charge is 2.22. The number of carbonyl (C=O) groups is 1. The van der Waals surface area contributed by atoms with Crippen LogP contribution in [0.2, 0.25) is 0 Å². The van der Waals surface area contributed by atoms with Crippen molar-refractivity contribution in [3.05, 3.63) is 95.6 Å². The lowest BCUT2D eigenvalue weighted by molar-refractivity contribution is -0.148. The largest absolute Gasteiger partial charge is 0.493 e. The van der Waals surface area contributed by atoms with Gasteiger partial charge in [0.2, 0.25) is 0 Å². The lowest BCUT2D eigenvalue weighted by atomic mass is 9.93. The first-order valence-corrected chi connectivity index (χ1v) is 12.8. The maximum absolute atomic E-state index is 12.6. The maximum Gasteiger partial charge on any atom is 0.309 e. The molecule has 1 atom stereocenters. The van der Waals surface area contributed by atoms with Crippen LogP contribution in [-0.4, -0.2) is 25.8 Å². The fourth-order valence-electron chi connectivity index (χ4n) is 4.06. The number of hydrogen-bond donors (Lipinski definition) is 0. The van der Waals surface area contributed by atoms with Crippen LogP contribution in [0, 0.1) is 5.92 Å². The second-order valence-corrected chi connectivity index (χ2v) is 8.73. The molecule has 3 aromatic carbocycles. The number of unbranched alkanes of at least 4 members (excludes halogenated alkanes) is 1. The summed E-state index contributed by atoms with van der Waals surface area (Å²) < 4.78 is 17.7. The monoisotopic (exact) mass is 474 g/mol. The van der Waals surface area contributed by atoms with Gasteiger partial charge in [-0.3, -0.25) is 4.79 Å². The van der Waals surface area contributed by atoms with Gasteiger partial charge in [0.25, 0.3) is 0 Å².